The van der Waals surface area contributed by atoms with E-state index in [2.05, 4.69) is 5.32 Å². The average molecular weight is 297 g/mol. The molecule has 1 aromatic rings. The van der Waals surface area contributed by atoms with Crippen LogP contribution in [0.25, 0.3) is 5.57 Å². The van der Waals surface area contributed by atoms with Crippen molar-refractivity contribution in [3.05, 3.63) is 41.1 Å². The Balaban J connectivity index is 2.03. The molecule has 2 aliphatic rings. The number of allylic oxidation sites excluding steroid dienone is 2. The summed E-state index contributed by atoms with van der Waals surface area (Å²) in [6.07, 6.45) is 5.90. The molecule has 0 radical (unpaired) electrons. The van der Waals surface area contributed by atoms with Crippen LogP contribution in [0.3, 0.4) is 0 Å². The van der Waals surface area contributed by atoms with Gasteiger partial charge in [0.05, 0.1) is 5.70 Å². The highest BCUT2D eigenvalue weighted by Gasteiger charge is 2.35. The van der Waals surface area contributed by atoms with Gasteiger partial charge in [0.25, 0.3) is 0 Å². The first kappa shape index (κ1) is 15.0. The van der Waals surface area contributed by atoms with E-state index in [4.69, 9.17) is 0 Å². The van der Waals surface area contributed by atoms with Gasteiger partial charge in [0.2, 0.25) is 11.7 Å². The van der Waals surface area contributed by atoms with Crippen LogP contribution in [0, 0.1) is 11.8 Å². The first-order valence-electron chi connectivity index (χ1n) is 8.28. The molecule has 1 aromatic carbocycles. The maximum absolute atomic E-state index is 12.7. The summed E-state index contributed by atoms with van der Waals surface area (Å²) in [7, 11) is 0. The Hall–Kier alpha value is -1.90. The summed E-state index contributed by atoms with van der Waals surface area (Å²) in [5.74, 6) is 0.162. The highest BCUT2D eigenvalue weighted by molar-refractivity contribution is 6.21. The Kier molecular flexibility index (Phi) is 4.14. The molecular formula is C19H23NO2. The van der Waals surface area contributed by atoms with E-state index in [1.54, 1.807) is 0 Å². The average Bonchev–Trinajstić information content (AvgIpc) is 2.81. The molecule has 2 aliphatic carbocycles. The molecule has 0 aliphatic heterocycles. The van der Waals surface area contributed by atoms with E-state index in [1.807, 2.05) is 38.1 Å². The molecule has 0 aromatic heterocycles. The standard InChI is InChI=1S/C19H23NO2/c1-12(2)19(22)20-17-16(13-8-4-3-5-9-13)14-10-6-7-11-15(14)18(17)21/h6-7,10-13H,3-5,8-9H2,1-2H3,(H,20,21,22). The van der Waals surface area contributed by atoms with Gasteiger partial charge in [-0.05, 0) is 29.9 Å². The number of carbonyl (C=O) groups is 2. The van der Waals surface area contributed by atoms with Crippen LogP contribution in [0.4, 0.5) is 0 Å². The van der Waals surface area contributed by atoms with Gasteiger partial charge in [-0.2, -0.15) is 0 Å². The first-order chi connectivity index (χ1) is 10.6. The summed E-state index contributed by atoms with van der Waals surface area (Å²) in [6, 6.07) is 7.76. The molecule has 1 saturated carbocycles. The minimum Gasteiger partial charge on any atom is -0.322 e. The quantitative estimate of drug-likeness (QED) is 0.918. The van der Waals surface area contributed by atoms with Crippen LogP contribution in [-0.2, 0) is 4.79 Å². The van der Waals surface area contributed by atoms with Crippen LogP contribution in [0.15, 0.2) is 30.0 Å². The number of amides is 1. The zero-order chi connectivity index (χ0) is 15.7. The van der Waals surface area contributed by atoms with Crippen molar-refractivity contribution in [1.29, 1.82) is 0 Å². The van der Waals surface area contributed by atoms with Crippen LogP contribution in [0.1, 0.15) is 61.9 Å². The van der Waals surface area contributed by atoms with Gasteiger partial charge in [-0.3, -0.25) is 9.59 Å². The van der Waals surface area contributed by atoms with Gasteiger partial charge >= 0.3 is 0 Å². The molecule has 3 nitrogen and oxygen atoms in total. The third-order valence-electron chi connectivity index (χ3n) is 4.74. The monoisotopic (exact) mass is 297 g/mol. The molecule has 1 N–H and O–H groups in total. The number of carbonyl (C=O) groups excluding carboxylic acids is 2. The van der Waals surface area contributed by atoms with Crippen LogP contribution in [0.5, 0.6) is 0 Å². The topological polar surface area (TPSA) is 46.2 Å². The highest BCUT2D eigenvalue weighted by atomic mass is 16.2. The van der Waals surface area contributed by atoms with Crippen molar-refractivity contribution in [2.24, 2.45) is 11.8 Å². The molecule has 0 heterocycles. The molecule has 0 bridgehead atoms. The minimum atomic E-state index is -0.128. The fraction of sp³-hybridized carbons (Fsp3) is 0.474. The van der Waals surface area contributed by atoms with Gasteiger partial charge in [-0.15, -0.1) is 0 Å². The molecule has 3 heteroatoms. The number of nitrogens with one attached hydrogen (secondary N) is 1. The summed E-state index contributed by atoms with van der Waals surface area (Å²) in [5, 5.41) is 2.91. The van der Waals surface area contributed by atoms with Gasteiger partial charge in [-0.25, -0.2) is 0 Å². The summed E-state index contributed by atoms with van der Waals surface area (Å²) in [6.45, 7) is 3.70. The minimum absolute atomic E-state index is 0.0230. The number of Topliss-reactive ketones (excluding diaryl/α,β-unsaturated/α-hetero) is 1. The molecule has 0 spiro atoms. The van der Waals surface area contributed by atoms with Crippen molar-refractivity contribution in [2.75, 3.05) is 0 Å². The second-order valence-electron chi connectivity index (χ2n) is 6.64. The third kappa shape index (κ3) is 2.60. The van der Waals surface area contributed by atoms with Gasteiger partial charge in [0, 0.05) is 11.5 Å². The van der Waals surface area contributed by atoms with Gasteiger partial charge in [0.15, 0.2) is 0 Å². The summed E-state index contributed by atoms with van der Waals surface area (Å²) in [5.41, 5.74) is 3.38. The molecule has 3 rings (SSSR count). The van der Waals surface area contributed by atoms with Crippen molar-refractivity contribution in [3.8, 4) is 0 Å². The number of hydrogen-bond acceptors (Lipinski definition) is 2. The summed E-state index contributed by atoms with van der Waals surface area (Å²) in [4.78, 5) is 24.9. The van der Waals surface area contributed by atoms with E-state index >= 15 is 0 Å². The zero-order valence-electron chi connectivity index (χ0n) is 13.3. The largest absolute Gasteiger partial charge is 0.322 e. The Labute approximate surface area is 131 Å². The molecule has 22 heavy (non-hydrogen) atoms. The lowest BCUT2D eigenvalue weighted by molar-refractivity contribution is -0.123. The SMILES string of the molecule is CC(C)C(=O)NC1=C(C2CCCCC2)c2ccccc2C1=O. The first-order valence-corrected chi connectivity index (χ1v) is 8.28. The molecule has 116 valence electrons. The van der Waals surface area contributed by atoms with E-state index in [9.17, 15) is 9.59 Å². The van der Waals surface area contributed by atoms with E-state index in [-0.39, 0.29) is 17.6 Å². The van der Waals surface area contributed by atoms with E-state index < -0.39 is 0 Å². The fourth-order valence-corrected chi connectivity index (χ4v) is 3.51. The molecule has 0 saturated heterocycles. The zero-order valence-corrected chi connectivity index (χ0v) is 13.3. The fourth-order valence-electron chi connectivity index (χ4n) is 3.51. The van der Waals surface area contributed by atoms with E-state index in [0.29, 0.717) is 11.6 Å². The van der Waals surface area contributed by atoms with E-state index in [1.165, 1.54) is 19.3 Å². The number of fused-ring (bicyclic) bond motifs is 1. The van der Waals surface area contributed by atoms with Crippen molar-refractivity contribution < 1.29 is 9.59 Å². The van der Waals surface area contributed by atoms with Crippen molar-refractivity contribution in [3.63, 3.8) is 0 Å². The van der Waals surface area contributed by atoms with Crippen LogP contribution in [-0.4, -0.2) is 11.7 Å². The number of benzene rings is 1. The number of ketones is 1. The van der Waals surface area contributed by atoms with Gasteiger partial charge < -0.3 is 5.32 Å². The lowest BCUT2D eigenvalue weighted by Gasteiger charge is -2.24. The highest BCUT2D eigenvalue weighted by Crippen LogP contribution is 2.42. The molecular weight excluding hydrogens is 274 g/mol. The Morgan fingerprint density at radius 2 is 1.73 bits per heavy atom. The lowest BCUT2D eigenvalue weighted by Crippen LogP contribution is -2.30. The summed E-state index contributed by atoms with van der Waals surface area (Å²) < 4.78 is 0. The van der Waals surface area contributed by atoms with Gasteiger partial charge in [-0.1, -0.05) is 57.4 Å². The Morgan fingerprint density at radius 3 is 2.36 bits per heavy atom. The van der Waals surface area contributed by atoms with Crippen LogP contribution < -0.4 is 5.32 Å². The number of rotatable bonds is 3. The van der Waals surface area contributed by atoms with E-state index in [0.717, 1.165) is 29.5 Å². The van der Waals surface area contributed by atoms with Crippen molar-refractivity contribution >= 4 is 17.3 Å². The maximum Gasteiger partial charge on any atom is 0.227 e. The molecule has 0 unspecified atom stereocenters. The smallest absolute Gasteiger partial charge is 0.227 e. The third-order valence-corrected chi connectivity index (χ3v) is 4.74. The molecule has 1 amide bonds. The second-order valence-corrected chi connectivity index (χ2v) is 6.64. The summed E-state index contributed by atoms with van der Waals surface area (Å²) >= 11 is 0. The second kappa shape index (κ2) is 6.07. The van der Waals surface area contributed by atoms with Crippen molar-refractivity contribution in [2.45, 2.75) is 46.0 Å². The predicted octanol–water partition coefficient (Wildman–Crippen LogP) is 3.95. The normalized spacial score (nSPS) is 18.8. The lowest BCUT2D eigenvalue weighted by atomic mass is 9.81. The van der Waals surface area contributed by atoms with Crippen LogP contribution in [0.2, 0.25) is 0 Å². The van der Waals surface area contributed by atoms with Gasteiger partial charge in [0.1, 0.15) is 0 Å². The maximum atomic E-state index is 12.7. The Bertz CT molecular complexity index is 637. The van der Waals surface area contributed by atoms with Crippen molar-refractivity contribution in [1.82, 2.24) is 5.32 Å². The van der Waals surface area contributed by atoms with Crippen LogP contribution >= 0.6 is 0 Å². The Morgan fingerprint density at radius 1 is 1.09 bits per heavy atom. The predicted molar refractivity (Wildman–Crippen MR) is 87.2 cm³/mol. The molecule has 1 fully saturated rings. The number of hydrogen-bond donors (Lipinski definition) is 1. The molecule has 0 atom stereocenters.